The number of carbonyl (C=O) groups is 1. The normalized spacial score (nSPS) is 18.6. The van der Waals surface area contributed by atoms with Crippen LogP contribution in [-0.4, -0.2) is 39.5 Å². The van der Waals surface area contributed by atoms with Crippen molar-refractivity contribution < 1.29 is 9.90 Å². The van der Waals surface area contributed by atoms with Crippen LogP contribution in [0, 0.1) is 13.8 Å². The highest BCUT2D eigenvalue weighted by Gasteiger charge is 2.37. The number of benzene rings is 3. The van der Waals surface area contributed by atoms with Crippen LogP contribution in [0.4, 0.5) is 0 Å². The molecule has 1 amide bonds. The Balaban J connectivity index is 1.38. The van der Waals surface area contributed by atoms with Crippen LogP contribution in [0.15, 0.2) is 79.0 Å². The predicted molar refractivity (Wildman–Crippen MR) is 149 cm³/mol. The molecule has 1 saturated heterocycles. The van der Waals surface area contributed by atoms with Crippen molar-refractivity contribution in [2.75, 3.05) is 6.54 Å². The number of aryl methyl sites for hydroxylation is 2. The SMILES string of the molecule is Cc1cc(C)cc(C(=O)N2CC[C@@H](NCc3ccnc4ccccc34)C[C@@H]2[C@H](O)c2ccc(Cl)cc2)c1. The fourth-order valence-electron chi connectivity index (χ4n) is 5.44. The van der Waals surface area contributed by atoms with Gasteiger partial charge in [0.15, 0.2) is 0 Å². The van der Waals surface area contributed by atoms with Crippen LogP contribution in [-0.2, 0) is 6.54 Å². The average molecular weight is 514 g/mol. The molecule has 3 atom stereocenters. The van der Waals surface area contributed by atoms with Crippen LogP contribution in [0.5, 0.6) is 0 Å². The van der Waals surface area contributed by atoms with Crippen LogP contribution < -0.4 is 5.32 Å². The lowest BCUT2D eigenvalue weighted by Gasteiger charge is -2.42. The molecule has 2 heterocycles. The van der Waals surface area contributed by atoms with E-state index in [-0.39, 0.29) is 18.0 Å². The lowest BCUT2D eigenvalue weighted by molar-refractivity contribution is 0.0144. The number of aromatic nitrogens is 1. The number of para-hydroxylation sites is 1. The molecule has 1 aliphatic heterocycles. The Kier molecular flexibility index (Phi) is 7.56. The van der Waals surface area contributed by atoms with E-state index in [0.717, 1.165) is 34.0 Å². The number of halogens is 1. The summed E-state index contributed by atoms with van der Waals surface area (Å²) in [6, 6.07) is 23.2. The van der Waals surface area contributed by atoms with Crippen molar-refractivity contribution in [3.63, 3.8) is 0 Å². The van der Waals surface area contributed by atoms with Gasteiger partial charge in [-0.05, 0) is 74.2 Å². The maximum absolute atomic E-state index is 13.7. The van der Waals surface area contributed by atoms with Gasteiger partial charge in [-0.15, -0.1) is 0 Å². The zero-order chi connectivity index (χ0) is 25.9. The molecule has 0 bridgehead atoms. The number of aliphatic hydroxyl groups is 1. The van der Waals surface area contributed by atoms with Gasteiger partial charge in [0, 0.05) is 41.3 Å². The lowest BCUT2D eigenvalue weighted by atomic mass is 9.89. The third-order valence-corrected chi connectivity index (χ3v) is 7.52. The fraction of sp³-hybridized carbons (Fsp3) is 0.290. The molecule has 0 aliphatic carbocycles. The van der Waals surface area contributed by atoms with E-state index in [4.69, 9.17) is 11.6 Å². The standard InChI is InChI=1S/C31H32ClN3O2/c1-20-15-21(2)17-24(16-20)31(37)35-14-12-26(18-29(35)30(36)22-7-9-25(32)10-8-22)34-19-23-11-13-33-28-6-4-3-5-27(23)28/h3-11,13,15-17,26,29-30,34,36H,12,14,18-19H2,1-2H3/t26-,29-,30-/m1/s1. The van der Waals surface area contributed by atoms with E-state index in [1.54, 1.807) is 12.1 Å². The summed E-state index contributed by atoms with van der Waals surface area (Å²) in [7, 11) is 0. The number of piperidine rings is 1. The first-order valence-corrected chi connectivity index (χ1v) is 13.2. The minimum Gasteiger partial charge on any atom is -0.386 e. The largest absolute Gasteiger partial charge is 0.386 e. The van der Waals surface area contributed by atoms with E-state index in [0.29, 0.717) is 30.1 Å². The highest BCUT2D eigenvalue weighted by atomic mass is 35.5. The Labute approximate surface area is 223 Å². The van der Waals surface area contributed by atoms with Crippen molar-refractivity contribution in [1.82, 2.24) is 15.2 Å². The van der Waals surface area contributed by atoms with Gasteiger partial charge in [-0.3, -0.25) is 9.78 Å². The second-order valence-electron chi connectivity index (χ2n) is 10.0. The van der Waals surface area contributed by atoms with Crippen LogP contribution in [0.2, 0.25) is 5.02 Å². The van der Waals surface area contributed by atoms with Crippen molar-refractivity contribution in [2.45, 2.75) is 51.4 Å². The molecule has 190 valence electrons. The number of aliphatic hydroxyl groups excluding tert-OH is 1. The lowest BCUT2D eigenvalue weighted by Crippen LogP contribution is -2.53. The summed E-state index contributed by atoms with van der Waals surface area (Å²) in [4.78, 5) is 20.0. The summed E-state index contributed by atoms with van der Waals surface area (Å²) in [5.41, 5.74) is 5.70. The third-order valence-electron chi connectivity index (χ3n) is 7.27. The summed E-state index contributed by atoms with van der Waals surface area (Å²) < 4.78 is 0. The Morgan fingerprint density at radius 3 is 2.57 bits per heavy atom. The van der Waals surface area contributed by atoms with Crippen molar-refractivity contribution in [2.24, 2.45) is 0 Å². The topological polar surface area (TPSA) is 65.5 Å². The number of rotatable bonds is 6. The summed E-state index contributed by atoms with van der Waals surface area (Å²) in [6.07, 6.45) is 2.48. The van der Waals surface area contributed by atoms with E-state index in [2.05, 4.69) is 22.4 Å². The minimum absolute atomic E-state index is 0.0385. The van der Waals surface area contributed by atoms with Gasteiger partial charge < -0.3 is 15.3 Å². The zero-order valence-corrected chi connectivity index (χ0v) is 21.9. The molecule has 37 heavy (non-hydrogen) atoms. The van der Waals surface area contributed by atoms with Crippen LogP contribution >= 0.6 is 11.6 Å². The van der Waals surface area contributed by atoms with Crippen LogP contribution in [0.1, 0.15) is 51.6 Å². The quantitative estimate of drug-likeness (QED) is 0.332. The predicted octanol–water partition coefficient (Wildman–Crippen LogP) is 6.00. The first-order valence-electron chi connectivity index (χ1n) is 12.8. The first kappa shape index (κ1) is 25.4. The zero-order valence-electron chi connectivity index (χ0n) is 21.2. The number of hydrogen-bond acceptors (Lipinski definition) is 4. The molecule has 0 spiro atoms. The van der Waals surface area contributed by atoms with E-state index in [9.17, 15) is 9.90 Å². The van der Waals surface area contributed by atoms with Gasteiger partial charge in [0.2, 0.25) is 0 Å². The van der Waals surface area contributed by atoms with Crippen LogP contribution in [0.3, 0.4) is 0 Å². The molecule has 0 saturated carbocycles. The molecule has 6 heteroatoms. The second kappa shape index (κ2) is 11.0. The fourth-order valence-corrected chi connectivity index (χ4v) is 5.57. The molecule has 0 unspecified atom stereocenters. The van der Waals surface area contributed by atoms with Crippen LogP contribution in [0.25, 0.3) is 10.9 Å². The van der Waals surface area contributed by atoms with Gasteiger partial charge in [-0.25, -0.2) is 0 Å². The highest BCUT2D eigenvalue weighted by Crippen LogP contribution is 2.31. The number of carbonyl (C=O) groups excluding carboxylic acids is 1. The number of nitrogens with one attached hydrogen (secondary N) is 1. The van der Waals surface area contributed by atoms with E-state index < -0.39 is 6.10 Å². The van der Waals surface area contributed by atoms with Gasteiger partial charge in [0.1, 0.15) is 0 Å². The number of amides is 1. The molecule has 0 radical (unpaired) electrons. The van der Waals surface area contributed by atoms with E-state index in [1.807, 2.05) is 73.5 Å². The van der Waals surface area contributed by atoms with Crippen molar-refractivity contribution in [3.8, 4) is 0 Å². The number of likely N-dealkylation sites (tertiary alicyclic amines) is 1. The maximum Gasteiger partial charge on any atom is 0.254 e. The van der Waals surface area contributed by atoms with Crippen molar-refractivity contribution in [1.29, 1.82) is 0 Å². The molecule has 5 rings (SSSR count). The van der Waals surface area contributed by atoms with Crippen molar-refractivity contribution in [3.05, 3.63) is 112 Å². The number of hydrogen-bond donors (Lipinski definition) is 2. The van der Waals surface area contributed by atoms with E-state index >= 15 is 0 Å². The molecule has 1 aliphatic rings. The smallest absolute Gasteiger partial charge is 0.254 e. The molecular weight excluding hydrogens is 482 g/mol. The third kappa shape index (κ3) is 5.69. The van der Waals surface area contributed by atoms with Gasteiger partial charge in [-0.2, -0.15) is 0 Å². The summed E-state index contributed by atoms with van der Waals surface area (Å²) in [5.74, 6) is -0.0385. The molecule has 5 nitrogen and oxygen atoms in total. The Hall–Kier alpha value is -3.25. The van der Waals surface area contributed by atoms with Crippen molar-refractivity contribution >= 4 is 28.4 Å². The first-order chi connectivity index (χ1) is 17.9. The summed E-state index contributed by atoms with van der Waals surface area (Å²) >= 11 is 6.09. The molecule has 3 aromatic carbocycles. The number of nitrogens with zero attached hydrogens (tertiary/aromatic N) is 2. The molecule has 1 fully saturated rings. The van der Waals surface area contributed by atoms with Gasteiger partial charge in [0.05, 0.1) is 17.7 Å². The monoisotopic (exact) mass is 513 g/mol. The molecule has 4 aromatic rings. The maximum atomic E-state index is 13.7. The Morgan fingerprint density at radius 1 is 1.08 bits per heavy atom. The molecule has 1 aromatic heterocycles. The molecular formula is C31H32ClN3O2. The van der Waals surface area contributed by atoms with Gasteiger partial charge >= 0.3 is 0 Å². The highest BCUT2D eigenvalue weighted by molar-refractivity contribution is 6.30. The number of pyridine rings is 1. The van der Waals surface area contributed by atoms with Gasteiger partial charge in [0.25, 0.3) is 5.91 Å². The average Bonchev–Trinajstić information content (AvgIpc) is 2.91. The summed E-state index contributed by atoms with van der Waals surface area (Å²) in [6.45, 7) is 5.27. The Morgan fingerprint density at radius 2 is 1.81 bits per heavy atom. The Bertz CT molecular complexity index is 1380. The second-order valence-corrected chi connectivity index (χ2v) is 10.5. The summed E-state index contributed by atoms with van der Waals surface area (Å²) in [5, 5.41) is 16.9. The number of fused-ring (bicyclic) bond motifs is 1. The molecule has 2 N–H and O–H groups in total. The van der Waals surface area contributed by atoms with Gasteiger partial charge in [-0.1, -0.05) is 59.1 Å². The minimum atomic E-state index is -0.821. The van der Waals surface area contributed by atoms with E-state index in [1.165, 1.54) is 5.56 Å².